The molecule has 3 amide bonds. The highest BCUT2D eigenvalue weighted by Gasteiger charge is 2.33. The number of carbonyl (C=O) groups excluding carboxylic acids is 3. The van der Waals surface area contributed by atoms with Crippen LogP contribution in [0.25, 0.3) is 10.9 Å². The highest BCUT2D eigenvalue weighted by molar-refractivity contribution is 5.96. The van der Waals surface area contributed by atoms with Crippen LogP contribution in [0.4, 0.5) is 0 Å². The van der Waals surface area contributed by atoms with Crippen LogP contribution in [0.3, 0.4) is 0 Å². The van der Waals surface area contributed by atoms with E-state index in [1.807, 2.05) is 24.3 Å². The topological polar surface area (TPSA) is 204 Å². The number of benzene rings is 1. The van der Waals surface area contributed by atoms with E-state index in [4.69, 9.17) is 10.8 Å². The molecule has 12 heteroatoms. The van der Waals surface area contributed by atoms with Gasteiger partial charge in [0.15, 0.2) is 0 Å². The van der Waals surface area contributed by atoms with Crippen LogP contribution in [0.15, 0.2) is 30.5 Å². The van der Waals surface area contributed by atoms with Gasteiger partial charge in [0.25, 0.3) is 0 Å². The zero-order valence-electron chi connectivity index (χ0n) is 20.4. The predicted molar refractivity (Wildman–Crippen MR) is 131 cm³/mol. The van der Waals surface area contributed by atoms with Crippen LogP contribution < -0.4 is 21.7 Å². The number of carboxylic acids is 2. The van der Waals surface area contributed by atoms with Crippen LogP contribution >= 0.6 is 0 Å². The fourth-order valence-corrected chi connectivity index (χ4v) is 3.62. The minimum Gasteiger partial charge on any atom is -0.481 e. The molecule has 1 aromatic heterocycles. The van der Waals surface area contributed by atoms with Crippen molar-refractivity contribution in [3.63, 3.8) is 0 Å². The summed E-state index contributed by atoms with van der Waals surface area (Å²) in [6, 6.07) is 2.43. The maximum Gasteiger partial charge on any atom is 0.326 e. The third-order valence-electron chi connectivity index (χ3n) is 5.93. The Morgan fingerprint density at radius 2 is 1.58 bits per heavy atom. The molecule has 0 aliphatic rings. The van der Waals surface area contributed by atoms with Crippen molar-refractivity contribution < 1.29 is 34.2 Å². The second kappa shape index (κ2) is 12.7. The van der Waals surface area contributed by atoms with Gasteiger partial charge in [-0.2, -0.15) is 0 Å². The first-order chi connectivity index (χ1) is 16.9. The molecule has 0 fully saturated rings. The number of carboxylic acid groups (broad SMARTS) is 2. The van der Waals surface area contributed by atoms with E-state index >= 15 is 0 Å². The van der Waals surface area contributed by atoms with Crippen LogP contribution in [0, 0.1) is 5.92 Å². The smallest absolute Gasteiger partial charge is 0.326 e. The number of aromatic amines is 1. The van der Waals surface area contributed by atoms with Gasteiger partial charge in [-0.15, -0.1) is 0 Å². The van der Waals surface area contributed by atoms with Gasteiger partial charge in [-0.1, -0.05) is 38.5 Å². The molecule has 0 aliphatic heterocycles. The fourth-order valence-electron chi connectivity index (χ4n) is 3.62. The number of para-hydroxylation sites is 1. The van der Waals surface area contributed by atoms with Crippen molar-refractivity contribution in [3.05, 3.63) is 36.0 Å². The molecule has 0 radical (unpaired) electrons. The molecule has 0 saturated heterocycles. The maximum absolute atomic E-state index is 13.1. The molecule has 0 aliphatic carbocycles. The maximum atomic E-state index is 13.1. The van der Waals surface area contributed by atoms with Crippen molar-refractivity contribution in [1.29, 1.82) is 0 Å². The molecule has 2 rings (SSSR count). The summed E-state index contributed by atoms with van der Waals surface area (Å²) >= 11 is 0. The molecule has 5 atom stereocenters. The Labute approximate surface area is 208 Å². The Morgan fingerprint density at radius 3 is 2.17 bits per heavy atom. The van der Waals surface area contributed by atoms with Gasteiger partial charge in [-0.25, -0.2) is 4.79 Å². The van der Waals surface area contributed by atoms with Gasteiger partial charge in [-0.3, -0.25) is 19.2 Å². The fraction of sp³-hybridized carbons (Fsp3) is 0.458. The van der Waals surface area contributed by atoms with Crippen LogP contribution in [0.1, 0.15) is 39.2 Å². The third-order valence-corrected chi connectivity index (χ3v) is 5.93. The molecule has 5 unspecified atom stereocenters. The molecule has 36 heavy (non-hydrogen) atoms. The molecule has 0 spiro atoms. The minimum atomic E-state index is -1.47. The summed E-state index contributed by atoms with van der Waals surface area (Å²) in [6.45, 7) is 4.84. The number of H-pyrrole nitrogens is 1. The second-order valence-corrected chi connectivity index (χ2v) is 8.78. The average molecular weight is 504 g/mol. The van der Waals surface area contributed by atoms with Gasteiger partial charge in [0, 0.05) is 23.5 Å². The average Bonchev–Trinajstić information content (AvgIpc) is 3.23. The summed E-state index contributed by atoms with van der Waals surface area (Å²) in [6.07, 6.45) is 1.41. The van der Waals surface area contributed by atoms with Crippen LogP contribution in [-0.4, -0.2) is 69.0 Å². The normalized spacial score (nSPS) is 15.2. The van der Waals surface area contributed by atoms with Gasteiger partial charge >= 0.3 is 11.9 Å². The lowest BCUT2D eigenvalue weighted by Gasteiger charge is -2.27. The Bertz CT molecular complexity index is 1110. The molecule has 196 valence electrons. The zero-order valence-corrected chi connectivity index (χ0v) is 20.4. The highest BCUT2D eigenvalue weighted by Crippen LogP contribution is 2.19. The number of hydrogen-bond donors (Lipinski definition) is 7. The van der Waals surface area contributed by atoms with Crippen molar-refractivity contribution in [2.45, 2.75) is 64.2 Å². The Hall–Kier alpha value is -3.93. The lowest BCUT2D eigenvalue weighted by atomic mass is 9.96. The van der Waals surface area contributed by atoms with E-state index in [0.717, 1.165) is 10.9 Å². The van der Waals surface area contributed by atoms with E-state index in [-0.39, 0.29) is 6.42 Å². The summed E-state index contributed by atoms with van der Waals surface area (Å²) in [5.74, 6) is -5.38. The first-order valence-corrected chi connectivity index (χ1v) is 11.6. The predicted octanol–water partition coefficient (Wildman–Crippen LogP) is 0.117. The Kier molecular flexibility index (Phi) is 9.97. The molecular formula is C24H33N5O7. The van der Waals surface area contributed by atoms with Crippen LogP contribution in [0.2, 0.25) is 0 Å². The number of hydrogen-bond acceptors (Lipinski definition) is 6. The van der Waals surface area contributed by atoms with Gasteiger partial charge in [0.1, 0.15) is 18.1 Å². The second-order valence-electron chi connectivity index (χ2n) is 8.78. The number of rotatable bonds is 13. The number of nitrogens with two attached hydrogens (primary N) is 1. The number of fused-ring (bicyclic) bond motifs is 1. The lowest BCUT2D eigenvalue weighted by molar-refractivity contribution is -0.143. The minimum absolute atomic E-state index is 0.00164. The molecular weight excluding hydrogens is 470 g/mol. The standard InChI is InChI=1S/C24H33N5O7/c1-4-12(2)20(29-22(33)17(10-19(30)31)27-21(32)13(3)25)23(34)28-18(24(35)36)9-14-11-26-16-8-6-5-7-15(14)16/h5-8,11-13,17-18,20,26H,4,9-10,25H2,1-3H3,(H,27,32)(H,28,34)(H,29,33)(H,30,31)(H,35,36). The van der Waals surface area contributed by atoms with Crippen LogP contribution in [-0.2, 0) is 30.4 Å². The number of amides is 3. The summed E-state index contributed by atoms with van der Waals surface area (Å²) < 4.78 is 0. The number of nitrogens with one attached hydrogen (secondary N) is 4. The van der Waals surface area contributed by atoms with Gasteiger partial charge < -0.3 is 36.9 Å². The first-order valence-electron chi connectivity index (χ1n) is 11.6. The highest BCUT2D eigenvalue weighted by atomic mass is 16.4. The number of aromatic nitrogens is 1. The van der Waals surface area contributed by atoms with E-state index in [9.17, 15) is 29.1 Å². The summed E-state index contributed by atoms with van der Waals surface area (Å²) in [4.78, 5) is 64.2. The number of carbonyl (C=O) groups is 5. The first kappa shape index (κ1) is 28.3. The van der Waals surface area contributed by atoms with Gasteiger partial charge in [-0.05, 0) is 24.5 Å². The van der Waals surface area contributed by atoms with E-state index < -0.39 is 66.2 Å². The van der Waals surface area contributed by atoms with Gasteiger partial charge in [0.2, 0.25) is 17.7 Å². The van der Waals surface area contributed by atoms with Gasteiger partial charge in [0.05, 0.1) is 12.5 Å². The third kappa shape index (κ3) is 7.54. The van der Waals surface area contributed by atoms with Crippen molar-refractivity contribution >= 4 is 40.6 Å². The van der Waals surface area contributed by atoms with E-state index in [2.05, 4.69) is 20.9 Å². The van der Waals surface area contributed by atoms with Crippen LogP contribution in [0.5, 0.6) is 0 Å². The molecule has 1 heterocycles. The Morgan fingerprint density at radius 1 is 0.944 bits per heavy atom. The number of aliphatic carboxylic acids is 2. The quantitative estimate of drug-likeness (QED) is 0.199. The molecule has 8 N–H and O–H groups in total. The zero-order chi connectivity index (χ0) is 27.0. The summed E-state index contributed by atoms with van der Waals surface area (Å²) in [7, 11) is 0. The molecule has 2 aromatic rings. The Balaban J connectivity index is 2.21. The van der Waals surface area contributed by atoms with E-state index in [1.54, 1.807) is 20.0 Å². The SMILES string of the molecule is CCC(C)C(NC(=O)C(CC(=O)O)NC(=O)C(C)N)C(=O)NC(Cc1c[nH]c2ccccc12)C(=O)O. The molecule has 0 saturated carbocycles. The van der Waals surface area contributed by atoms with Crippen molar-refractivity contribution in [3.8, 4) is 0 Å². The molecule has 1 aromatic carbocycles. The summed E-state index contributed by atoms with van der Waals surface area (Å²) in [5.41, 5.74) is 7.02. The van der Waals surface area contributed by atoms with Crippen molar-refractivity contribution in [1.82, 2.24) is 20.9 Å². The molecule has 12 nitrogen and oxygen atoms in total. The van der Waals surface area contributed by atoms with E-state index in [1.165, 1.54) is 6.92 Å². The summed E-state index contributed by atoms with van der Waals surface area (Å²) in [5, 5.41) is 27.0. The monoisotopic (exact) mass is 503 g/mol. The van der Waals surface area contributed by atoms with Crippen molar-refractivity contribution in [2.24, 2.45) is 11.7 Å². The largest absolute Gasteiger partial charge is 0.481 e. The van der Waals surface area contributed by atoms with Crippen molar-refractivity contribution in [2.75, 3.05) is 0 Å². The lowest BCUT2D eigenvalue weighted by Crippen LogP contribution is -2.59. The molecule has 0 bridgehead atoms. The van der Waals surface area contributed by atoms with E-state index in [0.29, 0.717) is 12.0 Å².